The van der Waals surface area contributed by atoms with Gasteiger partial charge in [-0.3, -0.25) is 9.59 Å². The molecule has 0 saturated carbocycles. The van der Waals surface area contributed by atoms with Crippen molar-refractivity contribution in [3.63, 3.8) is 0 Å². The minimum Gasteiger partial charge on any atom is -0.486 e. The van der Waals surface area contributed by atoms with Gasteiger partial charge in [-0.1, -0.05) is 41.6 Å². The molecule has 0 saturated heterocycles. The normalized spacial score (nSPS) is 10.7. The summed E-state index contributed by atoms with van der Waals surface area (Å²) in [6, 6.07) is 16.3. The lowest BCUT2D eigenvalue weighted by Gasteiger charge is -2.09. The van der Waals surface area contributed by atoms with Gasteiger partial charge in [0.15, 0.2) is 16.1 Å². The number of rotatable bonds is 11. The SMILES string of the molecule is CCn1c(COc2ccc(Cl)cc2)nnc1SCC(=O)Nc1nc(CC(=O)Nc2ccccc2)cs1. The summed E-state index contributed by atoms with van der Waals surface area (Å²) in [7, 11) is 0. The molecule has 0 aliphatic carbocycles. The average molecular weight is 543 g/mol. The van der Waals surface area contributed by atoms with Gasteiger partial charge in [-0.25, -0.2) is 4.98 Å². The molecular weight excluding hydrogens is 520 g/mol. The Bertz CT molecular complexity index is 1310. The second-order valence-electron chi connectivity index (χ2n) is 7.46. The summed E-state index contributed by atoms with van der Waals surface area (Å²) < 4.78 is 7.67. The van der Waals surface area contributed by atoms with E-state index in [0.29, 0.717) is 39.1 Å². The molecule has 0 bridgehead atoms. The van der Waals surface area contributed by atoms with E-state index in [-0.39, 0.29) is 30.6 Å². The van der Waals surface area contributed by atoms with Crippen LogP contribution >= 0.6 is 34.7 Å². The van der Waals surface area contributed by atoms with E-state index in [1.165, 1.54) is 23.1 Å². The van der Waals surface area contributed by atoms with Crippen molar-refractivity contribution in [3.05, 3.63) is 76.5 Å². The van der Waals surface area contributed by atoms with Gasteiger partial charge in [-0.15, -0.1) is 21.5 Å². The number of thioether (sulfide) groups is 1. The van der Waals surface area contributed by atoms with Crippen LogP contribution in [-0.4, -0.2) is 37.3 Å². The van der Waals surface area contributed by atoms with Crippen molar-refractivity contribution >= 4 is 57.3 Å². The van der Waals surface area contributed by atoms with Gasteiger partial charge in [0.05, 0.1) is 17.9 Å². The Balaban J connectivity index is 1.25. The van der Waals surface area contributed by atoms with Crippen molar-refractivity contribution in [2.24, 2.45) is 0 Å². The molecule has 0 fully saturated rings. The lowest BCUT2D eigenvalue weighted by Crippen LogP contribution is -2.16. The van der Waals surface area contributed by atoms with E-state index in [9.17, 15) is 9.59 Å². The molecule has 0 spiro atoms. The van der Waals surface area contributed by atoms with Crippen molar-refractivity contribution in [2.45, 2.75) is 31.7 Å². The summed E-state index contributed by atoms with van der Waals surface area (Å²) in [4.78, 5) is 29.0. The van der Waals surface area contributed by atoms with Crippen molar-refractivity contribution in [1.82, 2.24) is 19.7 Å². The van der Waals surface area contributed by atoms with Gasteiger partial charge in [-0.05, 0) is 43.3 Å². The molecule has 36 heavy (non-hydrogen) atoms. The number of aromatic nitrogens is 4. The van der Waals surface area contributed by atoms with Crippen LogP contribution in [0.5, 0.6) is 5.75 Å². The van der Waals surface area contributed by atoms with Crippen LogP contribution in [0.15, 0.2) is 65.1 Å². The summed E-state index contributed by atoms with van der Waals surface area (Å²) in [6.45, 7) is 2.86. The maximum atomic E-state index is 12.5. The van der Waals surface area contributed by atoms with Gasteiger partial charge < -0.3 is 19.9 Å². The molecule has 0 unspecified atom stereocenters. The third kappa shape index (κ3) is 7.30. The lowest BCUT2D eigenvalue weighted by molar-refractivity contribution is -0.115. The largest absolute Gasteiger partial charge is 0.486 e. The molecule has 2 aromatic carbocycles. The number of anilines is 2. The molecule has 2 aromatic heterocycles. The maximum absolute atomic E-state index is 12.5. The van der Waals surface area contributed by atoms with Gasteiger partial charge in [0.2, 0.25) is 11.8 Å². The molecule has 4 rings (SSSR count). The van der Waals surface area contributed by atoms with E-state index in [1.807, 2.05) is 41.8 Å². The first-order valence-corrected chi connectivity index (χ1v) is 13.3. The summed E-state index contributed by atoms with van der Waals surface area (Å²) in [6.07, 6.45) is 0.122. The summed E-state index contributed by atoms with van der Waals surface area (Å²) in [5.74, 6) is 1.08. The Hall–Kier alpha value is -3.41. The van der Waals surface area contributed by atoms with Crippen LogP contribution < -0.4 is 15.4 Å². The van der Waals surface area contributed by atoms with E-state index >= 15 is 0 Å². The molecule has 186 valence electrons. The molecule has 12 heteroatoms. The zero-order chi connectivity index (χ0) is 25.3. The molecular formula is C24H23ClN6O3S2. The second kappa shape index (κ2) is 12.5. The zero-order valence-corrected chi connectivity index (χ0v) is 21.7. The minimum atomic E-state index is -0.223. The van der Waals surface area contributed by atoms with E-state index in [2.05, 4.69) is 25.8 Å². The van der Waals surface area contributed by atoms with Crippen LogP contribution in [0.2, 0.25) is 5.02 Å². The number of hydrogen-bond donors (Lipinski definition) is 2. The van der Waals surface area contributed by atoms with Crippen LogP contribution in [0.25, 0.3) is 0 Å². The van der Waals surface area contributed by atoms with E-state index < -0.39 is 0 Å². The van der Waals surface area contributed by atoms with Gasteiger partial charge >= 0.3 is 0 Å². The fourth-order valence-corrected chi connectivity index (χ4v) is 4.82. The minimum absolute atomic E-state index is 0.122. The number of hydrogen-bond acceptors (Lipinski definition) is 8. The number of halogens is 1. The topological polar surface area (TPSA) is 111 Å². The maximum Gasteiger partial charge on any atom is 0.236 e. The number of nitrogens with one attached hydrogen (secondary N) is 2. The van der Waals surface area contributed by atoms with Crippen molar-refractivity contribution in [3.8, 4) is 5.75 Å². The molecule has 0 atom stereocenters. The standard InChI is InChI=1S/C24H23ClN6O3S2/c1-2-31-20(13-34-19-10-8-16(25)9-11-19)29-30-24(31)36-15-22(33)28-23-27-18(14-35-23)12-21(32)26-17-6-4-3-5-7-17/h3-11,14H,2,12-13,15H2,1H3,(H,26,32)(H,27,28,33). The predicted molar refractivity (Wildman–Crippen MR) is 142 cm³/mol. The van der Waals surface area contributed by atoms with Crippen LogP contribution in [-0.2, 0) is 29.2 Å². The number of nitrogens with zero attached hydrogens (tertiary/aromatic N) is 4. The molecule has 2 heterocycles. The monoisotopic (exact) mass is 542 g/mol. The smallest absolute Gasteiger partial charge is 0.236 e. The van der Waals surface area contributed by atoms with Gasteiger partial charge in [0.25, 0.3) is 0 Å². The number of benzene rings is 2. The Kier molecular flexibility index (Phi) is 8.93. The fraction of sp³-hybridized carbons (Fsp3) is 0.208. The Morgan fingerprint density at radius 3 is 2.58 bits per heavy atom. The fourth-order valence-electron chi connectivity index (χ4n) is 3.15. The van der Waals surface area contributed by atoms with E-state index in [1.54, 1.807) is 29.6 Å². The quantitative estimate of drug-likeness (QED) is 0.259. The Morgan fingerprint density at radius 1 is 1.06 bits per heavy atom. The number of amides is 2. The predicted octanol–water partition coefficient (Wildman–Crippen LogP) is 4.90. The number of carbonyl (C=O) groups excluding carboxylic acids is 2. The molecule has 2 amide bonds. The highest BCUT2D eigenvalue weighted by Crippen LogP contribution is 2.21. The first kappa shape index (κ1) is 25.7. The van der Waals surface area contributed by atoms with Crippen molar-refractivity contribution in [2.75, 3.05) is 16.4 Å². The number of para-hydroxylation sites is 1. The van der Waals surface area contributed by atoms with E-state index in [4.69, 9.17) is 16.3 Å². The van der Waals surface area contributed by atoms with Crippen LogP contribution in [0.3, 0.4) is 0 Å². The highest BCUT2D eigenvalue weighted by molar-refractivity contribution is 7.99. The van der Waals surface area contributed by atoms with E-state index in [0.717, 1.165) is 5.69 Å². The molecule has 0 aliphatic heterocycles. The van der Waals surface area contributed by atoms with Gasteiger partial charge in [0.1, 0.15) is 12.4 Å². The third-order valence-electron chi connectivity index (χ3n) is 4.82. The van der Waals surface area contributed by atoms with Crippen LogP contribution in [0, 0.1) is 0 Å². The molecule has 9 nitrogen and oxygen atoms in total. The lowest BCUT2D eigenvalue weighted by atomic mass is 10.3. The molecule has 0 aliphatic rings. The summed E-state index contributed by atoms with van der Waals surface area (Å²) in [5, 5.41) is 17.5. The first-order valence-electron chi connectivity index (χ1n) is 11.0. The first-order chi connectivity index (χ1) is 17.5. The summed E-state index contributed by atoms with van der Waals surface area (Å²) >= 11 is 8.46. The zero-order valence-electron chi connectivity index (χ0n) is 19.3. The third-order valence-corrected chi connectivity index (χ3v) is 6.85. The highest BCUT2D eigenvalue weighted by atomic mass is 35.5. The molecule has 2 N–H and O–H groups in total. The average Bonchev–Trinajstić information content (AvgIpc) is 3.48. The Morgan fingerprint density at radius 2 is 1.83 bits per heavy atom. The Labute approximate surface area is 221 Å². The molecule has 0 radical (unpaired) electrons. The van der Waals surface area contributed by atoms with Crippen LogP contribution in [0.1, 0.15) is 18.4 Å². The van der Waals surface area contributed by atoms with Crippen molar-refractivity contribution in [1.29, 1.82) is 0 Å². The number of carbonyl (C=O) groups is 2. The second-order valence-corrected chi connectivity index (χ2v) is 9.69. The van der Waals surface area contributed by atoms with Gasteiger partial charge in [-0.2, -0.15) is 0 Å². The summed E-state index contributed by atoms with van der Waals surface area (Å²) in [5.41, 5.74) is 1.32. The number of ether oxygens (including phenoxy) is 1. The molecule has 4 aromatic rings. The number of thiazole rings is 1. The highest BCUT2D eigenvalue weighted by Gasteiger charge is 2.15. The van der Waals surface area contributed by atoms with Crippen LogP contribution in [0.4, 0.5) is 10.8 Å². The van der Waals surface area contributed by atoms with Crippen molar-refractivity contribution < 1.29 is 14.3 Å². The van der Waals surface area contributed by atoms with Gasteiger partial charge in [0, 0.05) is 22.6 Å².